The Labute approximate surface area is 124 Å². The van der Waals surface area contributed by atoms with Crippen molar-refractivity contribution in [3.05, 3.63) is 33.9 Å². The second-order valence-electron chi connectivity index (χ2n) is 5.56. The Kier molecular flexibility index (Phi) is 5.27. The molecule has 0 spiro atoms. The molecule has 114 valence electrons. The van der Waals surface area contributed by atoms with Gasteiger partial charge in [-0.3, -0.25) is 14.9 Å². The van der Waals surface area contributed by atoms with Crippen LogP contribution >= 0.6 is 0 Å². The molecule has 1 aromatic rings. The van der Waals surface area contributed by atoms with E-state index in [0.717, 1.165) is 37.9 Å². The molecule has 1 aliphatic rings. The Balaban J connectivity index is 1.89. The van der Waals surface area contributed by atoms with Crippen molar-refractivity contribution >= 4 is 17.3 Å². The van der Waals surface area contributed by atoms with Gasteiger partial charge in [-0.25, -0.2) is 0 Å². The van der Waals surface area contributed by atoms with Gasteiger partial charge in [-0.05, 0) is 50.8 Å². The molecule has 1 heterocycles. The number of hydrogen-bond acceptors (Lipinski definition) is 4. The molecule has 1 aromatic carbocycles. The van der Waals surface area contributed by atoms with Gasteiger partial charge in [-0.15, -0.1) is 0 Å². The predicted octanol–water partition coefficient (Wildman–Crippen LogP) is 2.62. The van der Waals surface area contributed by atoms with Gasteiger partial charge in [0.2, 0.25) is 5.91 Å². The Hall–Kier alpha value is -1.95. The van der Waals surface area contributed by atoms with Gasteiger partial charge >= 0.3 is 0 Å². The van der Waals surface area contributed by atoms with E-state index in [1.165, 1.54) is 12.1 Å². The molecule has 1 aliphatic heterocycles. The van der Waals surface area contributed by atoms with Crippen LogP contribution in [0, 0.1) is 23.0 Å². The zero-order valence-corrected chi connectivity index (χ0v) is 12.2. The molecule has 0 aromatic heterocycles. The number of hydrogen-bond donors (Lipinski definition) is 2. The minimum atomic E-state index is -0.456. The Morgan fingerprint density at radius 2 is 2.33 bits per heavy atom. The molecule has 1 unspecified atom stereocenters. The molecule has 6 nitrogen and oxygen atoms in total. The number of rotatable bonds is 5. The maximum absolute atomic E-state index is 12.0. The van der Waals surface area contributed by atoms with Crippen LogP contribution in [0.3, 0.4) is 0 Å². The first-order valence-electron chi connectivity index (χ1n) is 7.32. The molecular weight excluding hydrogens is 270 g/mol. The molecule has 2 N–H and O–H groups in total. The summed E-state index contributed by atoms with van der Waals surface area (Å²) in [7, 11) is 0. The zero-order valence-electron chi connectivity index (χ0n) is 12.2. The second-order valence-corrected chi connectivity index (χ2v) is 5.56. The SMILES string of the molecule is Cc1ccc([N+](=O)[O-])cc1NC(=O)CCC1CCCNC1. The highest BCUT2D eigenvalue weighted by molar-refractivity contribution is 5.91. The minimum Gasteiger partial charge on any atom is -0.326 e. The maximum atomic E-state index is 12.0. The third kappa shape index (κ3) is 4.53. The van der Waals surface area contributed by atoms with Gasteiger partial charge in [0.05, 0.1) is 10.6 Å². The molecule has 0 bridgehead atoms. The van der Waals surface area contributed by atoms with Gasteiger partial charge in [0, 0.05) is 18.6 Å². The Bertz CT molecular complexity index is 525. The normalized spacial score (nSPS) is 18.2. The van der Waals surface area contributed by atoms with Crippen LogP contribution in [0.1, 0.15) is 31.2 Å². The Morgan fingerprint density at radius 1 is 1.52 bits per heavy atom. The Morgan fingerprint density at radius 3 is 3.00 bits per heavy atom. The third-order valence-electron chi connectivity index (χ3n) is 3.88. The van der Waals surface area contributed by atoms with E-state index in [9.17, 15) is 14.9 Å². The summed E-state index contributed by atoms with van der Waals surface area (Å²) in [5.41, 5.74) is 1.34. The lowest BCUT2D eigenvalue weighted by Crippen LogP contribution is -2.30. The van der Waals surface area contributed by atoms with Crippen LogP contribution < -0.4 is 10.6 Å². The van der Waals surface area contributed by atoms with Crippen LogP contribution in [0.5, 0.6) is 0 Å². The molecule has 21 heavy (non-hydrogen) atoms. The summed E-state index contributed by atoms with van der Waals surface area (Å²) in [5.74, 6) is 0.472. The topological polar surface area (TPSA) is 84.3 Å². The summed E-state index contributed by atoms with van der Waals surface area (Å²) in [6.07, 6.45) is 3.63. The zero-order chi connectivity index (χ0) is 15.2. The van der Waals surface area contributed by atoms with E-state index in [2.05, 4.69) is 10.6 Å². The smallest absolute Gasteiger partial charge is 0.271 e. The number of carbonyl (C=O) groups excluding carboxylic acids is 1. The minimum absolute atomic E-state index is 0.00706. The van der Waals surface area contributed by atoms with Crippen molar-refractivity contribution in [1.29, 1.82) is 0 Å². The van der Waals surface area contributed by atoms with Crippen molar-refractivity contribution in [3.8, 4) is 0 Å². The van der Waals surface area contributed by atoms with Crippen LogP contribution in [0.2, 0.25) is 0 Å². The number of amides is 1. The number of nitrogens with zero attached hydrogens (tertiary/aromatic N) is 1. The summed E-state index contributed by atoms with van der Waals surface area (Å²) in [4.78, 5) is 22.3. The third-order valence-corrected chi connectivity index (χ3v) is 3.88. The average Bonchev–Trinajstić information content (AvgIpc) is 2.48. The first kappa shape index (κ1) is 15.4. The van der Waals surface area contributed by atoms with E-state index in [0.29, 0.717) is 18.0 Å². The second kappa shape index (κ2) is 7.17. The maximum Gasteiger partial charge on any atom is 0.271 e. The van der Waals surface area contributed by atoms with Crippen molar-refractivity contribution in [1.82, 2.24) is 5.32 Å². The predicted molar refractivity (Wildman–Crippen MR) is 81.3 cm³/mol. The fraction of sp³-hybridized carbons (Fsp3) is 0.533. The van der Waals surface area contributed by atoms with Crippen molar-refractivity contribution in [2.45, 2.75) is 32.6 Å². The average molecular weight is 291 g/mol. The van der Waals surface area contributed by atoms with E-state index < -0.39 is 4.92 Å². The monoisotopic (exact) mass is 291 g/mol. The van der Waals surface area contributed by atoms with E-state index in [4.69, 9.17) is 0 Å². The molecule has 6 heteroatoms. The fourth-order valence-electron chi connectivity index (χ4n) is 2.58. The van der Waals surface area contributed by atoms with Gasteiger partial charge in [0.25, 0.3) is 5.69 Å². The molecule has 1 saturated heterocycles. The van der Waals surface area contributed by atoms with Crippen LogP contribution in [0.25, 0.3) is 0 Å². The fourth-order valence-corrected chi connectivity index (χ4v) is 2.58. The number of non-ortho nitro benzene ring substituents is 1. The van der Waals surface area contributed by atoms with Crippen LogP contribution in [-0.4, -0.2) is 23.9 Å². The van der Waals surface area contributed by atoms with Gasteiger partial charge in [-0.2, -0.15) is 0 Å². The van der Waals surface area contributed by atoms with Crippen molar-refractivity contribution in [2.75, 3.05) is 18.4 Å². The van der Waals surface area contributed by atoms with Gasteiger partial charge < -0.3 is 10.6 Å². The molecule has 1 atom stereocenters. The van der Waals surface area contributed by atoms with Gasteiger partial charge in [-0.1, -0.05) is 6.07 Å². The van der Waals surface area contributed by atoms with E-state index in [1.54, 1.807) is 6.07 Å². The summed E-state index contributed by atoms with van der Waals surface area (Å²) in [6, 6.07) is 4.51. The number of nitro groups is 1. The lowest BCUT2D eigenvalue weighted by Gasteiger charge is -2.22. The molecular formula is C15H21N3O3. The number of aryl methyl sites for hydroxylation is 1. The summed E-state index contributed by atoms with van der Waals surface area (Å²) in [6.45, 7) is 3.86. The first-order chi connectivity index (χ1) is 10.1. The van der Waals surface area contributed by atoms with E-state index in [1.807, 2.05) is 6.92 Å². The molecule has 2 rings (SSSR count). The van der Waals surface area contributed by atoms with Crippen LogP contribution in [0.4, 0.5) is 11.4 Å². The lowest BCUT2D eigenvalue weighted by atomic mass is 9.94. The van der Waals surface area contributed by atoms with Crippen LogP contribution in [0.15, 0.2) is 18.2 Å². The van der Waals surface area contributed by atoms with E-state index >= 15 is 0 Å². The van der Waals surface area contributed by atoms with Gasteiger partial charge in [0.1, 0.15) is 0 Å². The van der Waals surface area contributed by atoms with Crippen LogP contribution in [-0.2, 0) is 4.79 Å². The number of carbonyl (C=O) groups is 1. The molecule has 0 aliphatic carbocycles. The highest BCUT2D eigenvalue weighted by Gasteiger charge is 2.15. The first-order valence-corrected chi connectivity index (χ1v) is 7.32. The number of nitrogens with one attached hydrogen (secondary N) is 2. The highest BCUT2D eigenvalue weighted by atomic mass is 16.6. The summed E-state index contributed by atoms with van der Waals surface area (Å²) in [5, 5.41) is 16.9. The molecule has 1 amide bonds. The number of benzene rings is 1. The molecule has 0 saturated carbocycles. The quantitative estimate of drug-likeness (QED) is 0.645. The van der Waals surface area contributed by atoms with Crippen molar-refractivity contribution in [2.24, 2.45) is 5.92 Å². The largest absolute Gasteiger partial charge is 0.326 e. The standard InChI is InChI=1S/C15H21N3O3/c1-11-4-6-13(18(20)21)9-14(11)17-15(19)7-5-12-3-2-8-16-10-12/h4,6,9,12,16H,2-3,5,7-8,10H2,1H3,(H,17,19). The number of anilines is 1. The molecule has 1 fully saturated rings. The van der Waals surface area contributed by atoms with Crippen molar-refractivity contribution in [3.63, 3.8) is 0 Å². The van der Waals surface area contributed by atoms with E-state index in [-0.39, 0.29) is 11.6 Å². The lowest BCUT2D eigenvalue weighted by molar-refractivity contribution is -0.384. The number of piperidine rings is 1. The highest BCUT2D eigenvalue weighted by Crippen LogP contribution is 2.22. The van der Waals surface area contributed by atoms with Gasteiger partial charge in [0.15, 0.2) is 0 Å². The summed E-state index contributed by atoms with van der Waals surface area (Å²) < 4.78 is 0. The molecule has 0 radical (unpaired) electrons. The summed E-state index contributed by atoms with van der Waals surface area (Å²) >= 11 is 0. The van der Waals surface area contributed by atoms with Crippen molar-refractivity contribution < 1.29 is 9.72 Å². The number of nitro benzene ring substituents is 1.